The van der Waals surface area contributed by atoms with Gasteiger partial charge in [0.05, 0.1) is 5.60 Å². The van der Waals surface area contributed by atoms with Crippen molar-refractivity contribution in [1.29, 1.82) is 0 Å². The van der Waals surface area contributed by atoms with Crippen molar-refractivity contribution in [3.05, 3.63) is 17.5 Å². The number of rotatable bonds is 2. The third-order valence-electron chi connectivity index (χ3n) is 6.35. The minimum Gasteiger partial charge on any atom is -0.390 e. The zero-order valence-corrected chi connectivity index (χ0v) is 15.0. The van der Waals surface area contributed by atoms with Crippen LogP contribution in [0.2, 0.25) is 0 Å². The highest BCUT2D eigenvalue weighted by Gasteiger charge is 2.54. The Labute approximate surface area is 150 Å². The SMILES string of the molecule is Cn1cc(C2CCC3(C2)CN(C(=O)[C@H]2C[C@@](C)(O)C2)C3)c(C(F)(F)F)n1. The lowest BCUT2D eigenvalue weighted by atomic mass is 9.69. The largest absolute Gasteiger partial charge is 0.435 e. The summed E-state index contributed by atoms with van der Waals surface area (Å²) in [5.41, 5.74) is -1.26. The third-order valence-corrected chi connectivity index (χ3v) is 6.35. The number of likely N-dealkylation sites (tertiary alicyclic amines) is 1. The summed E-state index contributed by atoms with van der Waals surface area (Å²) < 4.78 is 40.9. The number of alkyl halides is 3. The molecule has 0 aromatic carbocycles. The van der Waals surface area contributed by atoms with Gasteiger partial charge in [0.25, 0.3) is 0 Å². The van der Waals surface area contributed by atoms with Gasteiger partial charge in [-0.25, -0.2) is 0 Å². The third kappa shape index (κ3) is 2.92. The zero-order valence-electron chi connectivity index (χ0n) is 15.0. The molecule has 144 valence electrons. The Balaban J connectivity index is 1.39. The Morgan fingerprint density at radius 2 is 1.96 bits per heavy atom. The average Bonchev–Trinajstić information content (AvgIpc) is 3.05. The van der Waals surface area contributed by atoms with E-state index in [1.54, 1.807) is 6.92 Å². The summed E-state index contributed by atoms with van der Waals surface area (Å²) >= 11 is 0. The van der Waals surface area contributed by atoms with E-state index in [2.05, 4.69) is 5.10 Å². The normalized spacial score (nSPS) is 33.2. The van der Waals surface area contributed by atoms with Gasteiger partial charge >= 0.3 is 6.18 Å². The molecule has 1 spiro atoms. The number of aromatic nitrogens is 2. The molecule has 1 unspecified atom stereocenters. The van der Waals surface area contributed by atoms with Crippen LogP contribution in [-0.4, -0.2) is 44.4 Å². The maximum atomic E-state index is 13.2. The van der Waals surface area contributed by atoms with Gasteiger partial charge in [-0.3, -0.25) is 9.48 Å². The van der Waals surface area contributed by atoms with Crippen LogP contribution in [0.1, 0.15) is 56.2 Å². The van der Waals surface area contributed by atoms with Gasteiger partial charge in [0.2, 0.25) is 5.91 Å². The van der Waals surface area contributed by atoms with E-state index < -0.39 is 17.5 Å². The second-order valence-electron chi connectivity index (χ2n) is 8.84. The van der Waals surface area contributed by atoms with E-state index >= 15 is 0 Å². The summed E-state index contributed by atoms with van der Waals surface area (Å²) in [6, 6.07) is 0. The molecule has 8 heteroatoms. The molecule has 1 saturated heterocycles. The van der Waals surface area contributed by atoms with Gasteiger partial charge in [-0.05, 0) is 44.9 Å². The zero-order chi connectivity index (χ0) is 18.9. The number of hydrogen-bond acceptors (Lipinski definition) is 3. The Morgan fingerprint density at radius 3 is 2.54 bits per heavy atom. The van der Waals surface area contributed by atoms with Crippen molar-refractivity contribution in [3.63, 3.8) is 0 Å². The van der Waals surface area contributed by atoms with Crippen LogP contribution in [0, 0.1) is 11.3 Å². The minimum absolute atomic E-state index is 0.0503. The van der Waals surface area contributed by atoms with E-state index in [-0.39, 0.29) is 28.7 Å². The summed E-state index contributed by atoms with van der Waals surface area (Å²) in [5, 5.41) is 13.4. The molecule has 0 bridgehead atoms. The van der Waals surface area contributed by atoms with Crippen LogP contribution in [-0.2, 0) is 18.0 Å². The standard InChI is InChI=1S/C18H24F3N3O2/c1-16(26)5-12(6-16)15(25)24-9-17(10-24)4-3-11(7-17)13-8-23(2)22-14(13)18(19,20)21/h8,11-12,26H,3-7,9-10H2,1-2H3/t11?,12-,16+. The Bertz CT molecular complexity index is 727. The second kappa shape index (κ2) is 5.47. The van der Waals surface area contributed by atoms with Crippen LogP contribution in [0.3, 0.4) is 0 Å². The molecule has 1 amide bonds. The van der Waals surface area contributed by atoms with Gasteiger partial charge in [-0.2, -0.15) is 18.3 Å². The fourth-order valence-electron chi connectivity index (χ4n) is 5.14. The lowest BCUT2D eigenvalue weighted by molar-refractivity contribution is -0.161. The number of nitrogens with zero attached hydrogens (tertiary/aromatic N) is 3. The molecule has 3 aliphatic rings. The molecule has 1 aliphatic heterocycles. The predicted molar refractivity (Wildman–Crippen MR) is 87.2 cm³/mol. The van der Waals surface area contributed by atoms with E-state index in [4.69, 9.17) is 0 Å². The first-order valence-corrected chi connectivity index (χ1v) is 9.10. The van der Waals surface area contributed by atoms with E-state index in [9.17, 15) is 23.1 Å². The highest BCUT2D eigenvalue weighted by Crippen LogP contribution is 2.54. The van der Waals surface area contributed by atoms with Crippen LogP contribution < -0.4 is 0 Å². The second-order valence-corrected chi connectivity index (χ2v) is 8.84. The molecule has 4 rings (SSSR count). The smallest absolute Gasteiger partial charge is 0.390 e. The molecule has 2 aliphatic carbocycles. The van der Waals surface area contributed by atoms with Crippen molar-refractivity contribution in [2.45, 2.75) is 56.7 Å². The maximum Gasteiger partial charge on any atom is 0.435 e. The van der Waals surface area contributed by atoms with Gasteiger partial charge in [0.15, 0.2) is 5.69 Å². The van der Waals surface area contributed by atoms with Crippen molar-refractivity contribution in [3.8, 4) is 0 Å². The van der Waals surface area contributed by atoms with E-state index in [1.165, 1.54) is 17.9 Å². The predicted octanol–water partition coefficient (Wildman–Crippen LogP) is 2.70. The van der Waals surface area contributed by atoms with E-state index in [1.807, 2.05) is 4.90 Å². The van der Waals surface area contributed by atoms with Crippen molar-refractivity contribution >= 4 is 5.91 Å². The molecule has 5 nitrogen and oxygen atoms in total. The topological polar surface area (TPSA) is 58.4 Å². The lowest BCUT2D eigenvalue weighted by Crippen LogP contribution is -2.61. The molecule has 1 N–H and O–H groups in total. The van der Waals surface area contributed by atoms with Crippen molar-refractivity contribution in [2.24, 2.45) is 18.4 Å². The van der Waals surface area contributed by atoms with Crippen molar-refractivity contribution < 1.29 is 23.1 Å². The van der Waals surface area contributed by atoms with Gasteiger partial charge in [-0.1, -0.05) is 0 Å². The van der Waals surface area contributed by atoms with Gasteiger partial charge in [0.1, 0.15) is 0 Å². The molecule has 1 atom stereocenters. The van der Waals surface area contributed by atoms with Gasteiger partial charge in [0, 0.05) is 43.2 Å². The fourth-order valence-corrected chi connectivity index (χ4v) is 5.14. The summed E-state index contributed by atoms with van der Waals surface area (Å²) in [7, 11) is 1.51. The van der Waals surface area contributed by atoms with Crippen molar-refractivity contribution in [2.75, 3.05) is 13.1 Å². The highest BCUT2D eigenvalue weighted by atomic mass is 19.4. The first kappa shape index (κ1) is 17.8. The Kier molecular flexibility index (Phi) is 3.75. The monoisotopic (exact) mass is 371 g/mol. The van der Waals surface area contributed by atoms with E-state index in [0.29, 0.717) is 38.8 Å². The maximum absolute atomic E-state index is 13.2. The molecule has 26 heavy (non-hydrogen) atoms. The molecule has 1 aromatic heterocycles. The van der Waals surface area contributed by atoms with Crippen molar-refractivity contribution in [1.82, 2.24) is 14.7 Å². The number of halogens is 3. The molecular weight excluding hydrogens is 347 g/mol. The summed E-state index contributed by atoms with van der Waals surface area (Å²) in [5.74, 6) is -0.167. The molecule has 0 radical (unpaired) electrons. The van der Waals surface area contributed by atoms with Gasteiger partial charge < -0.3 is 10.0 Å². The minimum atomic E-state index is -4.44. The first-order valence-electron chi connectivity index (χ1n) is 9.10. The van der Waals surface area contributed by atoms with Crippen LogP contribution >= 0.6 is 0 Å². The quantitative estimate of drug-likeness (QED) is 0.870. The molecule has 2 saturated carbocycles. The average molecular weight is 371 g/mol. The lowest BCUT2D eigenvalue weighted by Gasteiger charge is -2.52. The van der Waals surface area contributed by atoms with Crippen LogP contribution in [0.5, 0.6) is 0 Å². The van der Waals surface area contributed by atoms with Crippen LogP contribution in [0.25, 0.3) is 0 Å². The summed E-state index contributed by atoms with van der Waals surface area (Å²) in [6.45, 7) is 2.99. The molecular formula is C18H24F3N3O2. The molecule has 2 heterocycles. The number of carbonyl (C=O) groups is 1. The fraction of sp³-hybridized carbons (Fsp3) is 0.778. The van der Waals surface area contributed by atoms with Gasteiger partial charge in [-0.15, -0.1) is 0 Å². The Morgan fingerprint density at radius 1 is 1.31 bits per heavy atom. The number of amides is 1. The number of aliphatic hydroxyl groups is 1. The molecule has 1 aromatic rings. The van der Waals surface area contributed by atoms with Crippen LogP contribution in [0.15, 0.2) is 6.20 Å². The Hall–Kier alpha value is -1.57. The number of carbonyl (C=O) groups excluding carboxylic acids is 1. The summed E-state index contributed by atoms with van der Waals surface area (Å²) in [6.07, 6.45) is 0.281. The molecule has 3 fully saturated rings. The summed E-state index contributed by atoms with van der Waals surface area (Å²) in [4.78, 5) is 14.2. The number of aryl methyl sites for hydroxylation is 1. The first-order chi connectivity index (χ1) is 12.0. The van der Waals surface area contributed by atoms with Crippen LogP contribution in [0.4, 0.5) is 13.2 Å². The van der Waals surface area contributed by atoms with E-state index in [0.717, 1.165) is 6.42 Å². The number of hydrogen-bond donors (Lipinski definition) is 1. The highest BCUT2D eigenvalue weighted by molar-refractivity contribution is 5.81.